The zero-order valence-electron chi connectivity index (χ0n) is 16.0. The molecule has 2 aliphatic rings. The van der Waals surface area contributed by atoms with Gasteiger partial charge in [-0.1, -0.05) is 26.7 Å². The van der Waals surface area contributed by atoms with E-state index in [0.29, 0.717) is 5.92 Å². The summed E-state index contributed by atoms with van der Waals surface area (Å²) in [6.07, 6.45) is 10.4. The second kappa shape index (κ2) is 8.35. The van der Waals surface area contributed by atoms with Gasteiger partial charge >= 0.3 is 0 Å². The number of ether oxygens (including phenoxy) is 1. The molecule has 1 N–H and O–H groups in total. The van der Waals surface area contributed by atoms with E-state index in [-0.39, 0.29) is 24.0 Å². The van der Waals surface area contributed by atoms with Crippen LogP contribution >= 0.6 is 0 Å². The summed E-state index contributed by atoms with van der Waals surface area (Å²) in [5.74, 6) is 0.935. The first kappa shape index (κ1) is 18.4. The molecule has 0 saturated heterocycles. The van der Waals surface area contributed by atoms with E-state index < -0.39 is 0 Å². The van der Waals surface area contributed by atoms with E-state index in [4.69, 9.17) is 4.74 Å². The van der Waals surface area contributed by atoms with E-state index in [1.54, 1.807) is 0 Å². The Morgan fingerprint density at radius 1 is 1.36 bits per heavy atom. The SMILES string of the molecule is CC(C)CCO[C@@H]1CCCC[C@H]1NC(=O)[C@@H]1CCc2cnn(C)c2C1. The fraction of sp³-hybridized carbons (Fsp3) is 0.800. The molecule has 0 aromatic carbocycles. The van der Waals surface area contributed by atoms with Crippen molar-refractivity contribution in [3.05, 3.63) is 17.5 Å². The van der Waals surface area contributed by atoms with Crippen LogP contribution in [0.25, 0.3) is 0 Å². The first-order chi connectivity index (χ1) is 12.0. The van der Waals surface area contributed by atoms with Crippen molar-refractivity contribution in [3.63, 3.8) is 0 Å². The molecular formula is C20H33N3O2. The van der Waals surface area contributed by atoms with Gasteiger partial charge in [0.05, 0.1) is 18.3 Å². The highest BCUT2D eigenvalue weighted by molar-refractivity contribution is 5.79. The van der Waals surface area contributed by atoms with Crippen molar-refractivity contribution in [1.29, 1.82) is 0 Å². The van der Waals surface area contributed by atoms with Crippen molar-refractivity contribution in [3.8, 4) is 0 Å². The van der Waals surface area contributed by atoms with Gasteiger partial charge in [0.25, 0.3) is 0 Å². The average molecular weight is 348 g/mol. The van der Waals surface area contributed by atoms with Crippen molar-refractivity contribution in [2.24, 2.45) is 18.9 Å². The zero-order valence-corrected chi connectivity index (χ0v) is 16.0. The number of aromatic nitrogens is 2. The highest BCUT2D eigenvalue weighted by Gasteiger charge is 2.32. The molecule has 5 nitrogen and oxygen atoms in total. The molecule has 1 aromatic heterocycles. The summed E-state index contributed by atoms with van der Waals surface area (Å²) in [5, 5.41) is 7.66. The minimum Gasteiger partial charge on any atom is -0.376 e. The van der Waals surface area contributed by atoms with E-state index in [2.05, 4.69) is 24.3 Å². The van der Waals surface area contributed by atoms with Crippen LogP contribution in [0.15, 0.2) is 6.20 Å². The van der Waals surface area contributed by atoms with Gasteiger partial charge in [-0.15, -0.1) is 0 Å². The Morgan fingerprint density at radius 3 is 2.96 bits per heavy atom. The van der Waals surface area contributed by atoms with Crippen LogP contribution in [0.2, 0.25) is 0 Å². The molecule has 1 heterocycles. The molecule has 25 heavy (non-hydrogen) atoms. The number of nitrogens with one attached hydrogen (secondary N) is 1. The first-order valence-corrected chi connectivity index (χ1v) is 9.96. The maximum Gasteiger partial charge on any atom is 0.223 e. The number of rotatable bonds is 6. The lowest BCUT2D eigenvalue weighted by molar-refractivity contribution is -0.128. The number of hydrogen-bond acceptors (Lipinski definition) is 3. The van der Waals surface area contributed by atoms with E-state index >= 15 is 0 Å². The highest BCUT2D eigenvalue weighted by Crippen LogP contribution is 2.27. The van der Waals surface area contributed by atoms with Crippen LogP contribution in [0.3, 0.4) is 0 Å². The van der Waals surface area contributed by atoms with Gasteiger partial charge < -0.3 is 10.1 Å². The Labute approximate surface area is 151 Å². The Bertz CT molecular complexity index is 581. The monoisotopic (exact) mass is 347 g/mol. The molecule has 0 bridgehead atoms. The van der Waals surface area contributed by atoms with Gasteiger partial charge in [0.2, 0.25) is 5.91 Å². The van der Waals surface area contributed by atoms with Gasteiger partial charge in [0.15, 0.2) is 0 Å². The molecule has 2 aliphatic carbocycles. The average Bonchev–Trinajstić information content (AvgIpc) is 2.97. The summed E-state index contributed by atoms with van der Waals surface area (Å²) in [5.41, 5.74) is 2.53. The molecule has 5 heteroatoms. The fourth-order valence-electron chi connectivity index (χ4n) is 4.09. The second-order valence-electron chi connectivity index (χ2n) is 8.17. The summed E-state index contributed by atoms with van der Waals surface area (Å²) in [4.78, 5) is 12.8. The van der Waals surface area contributed by atoms with Gasteiger partial charge in [-0.05, 0) is 43.6 Å². The maximum absolute atomic E-state index is 12.8. The standard InChI is InChI=1S/C20H33N3O2/c1-14(2)10-11-25-19-7-5-4-6-17(19)22-20(24)15-8-9-16-13-21-23(3)18(16)12-15/h13-15,17,19H,4-12H2,1-3H3,(H,22,24)/t15-,17-,19-/m1/s1. The van der Waals surface area contributed by atoms with E-state index in [1.165, 1.54) is 24.1 Å². The fourth-order valence-corrected chi connectivity index (χ4v) is 4.09. The quantitative estimate of drug-likeness (QED) is 0.860. The minimum atomic E-state index is 0.0705. The second-order valence-corrected chi connectivity index (χ2v) is 8.17. The summed E-state index contributed by atoms with van der Waals surface area (Å²) in [6, 6.07) is 0.182. The molecule has 3 atom stereocenters. The number of amides is 1. The Balaban J connectivity index is 1.54. The van der Waals surface area contributed by atoms with E-state index in [0.717, 1.165) is 45.1 Å². The molecule has 140 valence electrons. The third-order valence-electron chi connectivity index (χ3n) is 5.78. The predicted molar refractivity (Wildman–Crippen MR) is 98.3 cm³/mol. The lowest BCUT2D eigenvalue weighted by Crippen LogP contribution is -2.49. The molecule has 1 aromatic rings. The molecule has 0 spiro atoms. The topological polar surface area (TPSA) is 56.1 Å². The Hall–Kier alpha value is -1.36. The third-order valence-corrected chi connectivity index (χ3v) is 5.78. The van der Waals surface area contributed by atoms with Gasteiger partial charge in [-0.2, -0.15) is 5.10 Å². The van der Waals surface area contributed by atoms with E-state index in [9.17, 15) is 4.79 Å². The number of fused-ring (bicyclic) bond motifs is 1. The van der Waals surface area contributed by atoms with Crippen LogP contribution in [-0.2, 0) is 29.4 Å². The van der Waals surface area contributed by atoms with E-state index in [1.807, 2.05) is 17.9 Å². The smallest absolute Gasteiger partial charge is 0.223 e. The molecular weight excluding hydrogens is 314 g/mol. The molecule has 0 unspecified atom stereocenters. The lowest BCUT2D eigenvalue weighted by Gasteiger charge is -2.34. The van der Waals surface area contributed by atoms with Crippen molar-refractivity contribution >= 4 is 5.91 Å². The maximum atomic E-state index is 12.8. The van der Waals surface area contributed by atoms with Crippen LogP contribution in [0.4, 0.5) is 0 Å². The largest absolute Gasteiger partial charge is 0.376 e. The van der Waals surface area contributed by atoms with Crippen molar-refractivity contribution in [1.82, 2.24) is 15.1 Å². The first-order valence-electron chi connectivity index (χ1n) is 9.96. The summed E-state index contributed by atoms with van der Waals surface area (Å²) < 4.78 is 8.05. The van der Waals surface area contributed by atoms with Crippen molar-refractivity contribution in [2.75, 3.05) is 6.61 Å². The molecule has 1 fully saturated rings. The van der Waals surface area contributed by atoms with Crippen LogP contribution in [-0.4, -0.2) is 34.4 Å². The molecule has 0 radical (unpaired) electrons. The molecule has 1 saturated carbocycles. The highest BCUT2D eigenvalue weighted by atomic mass is 16.5. The van der Waals surface area contributed by atoms with Crippen LogP contribution < -0.4 is 5.32 Å². The zero-order chi connectivity index (χ0) is 17.8. The van der Waals surface area contributed by atoms with Crippen LogP contribution in [0.1, 0.15) is 63.6 Å². The van der Waals surface area contributed by atoms with Gasteiger partial charge in [-0.3, -0.25) is 9.48 Å². The van der Waals surface area contributed by atoms with Gasteiger partial charge in [0, 0.05) is 31.7 Å². The Morgan fingerprint density at radius 2 is 2.16 bits per heavy atom. The van der Waals surface area contributed by atoms with Crippen LogP contribution in [0, 0.1) is 11.8 Å². The van der Waals surface area contributed by atoms with Crippen LogP contribution in [0.5, 0.6) is 0 Å². The number of nitrogens with zero attached hydrogens (tertiary/aromatic N) is 2. The van der Waals surface area contributed by atoms with Crippen molar-refractivity contribution < 1.29 is 9.53 Å². The van der Waals surface area contributed by atoms with Crippen molar-refractivity contribution in [2.45, 2.75) is 77.4 Å². The normalized spacial score (nSPS) is 26.5. The summed E-state index contributed by atoms with van der Waals surface area (Å²) in [6.45, 7) is 5.25. The number of carbonyl (C=O) groups excluding carboxylic acids is 1. The molecule has 3 rings (SSSR count). The number of hydrogen-bond donors (Lipinski definition) is 1. The third kappa shape index (κ3) is 4.63. The lowest BCUT2D eigenvalue weighted by atomic mass is 9.86. The minimum absolute atomic E-state index is 0.0705. The Kier molecular flexibility index (Phi) is 6.15. The number of aryl methyl sites for hydroxylation is 2. The molecule has 0 aliphatic heterocycles. The summed E-state index contributed by atoms with van der Waals surface area (Å²) in [7, 11) is 1.97. The van der Waals surface area contributed by atoms with Gasteiger partial charge in [-0.25, -0.2) is 0 Å². The van der Waals surface area contributed by atoms with Gasteiger partial charge in [0.1, 0.15) is 0 Å². The summed E-state index contributed by atoms with van der Waals surface area (Å²) >= 11 is 0. The molecule has 1 amide bonds. The predicted octanol–water partition coefficient (Wildman–Crippen LogP) is 3.02. The number of carbonyl (C=O) groups is 1.